The Morgan fingerprint density at radius 1 is 1.44 bits per heavy atom. The predicted molar refractivity (Wildman–Crippen MR) is 66.6 cm³/mol. The summed E-state index contributed by atoms with van der Waals surface area (Å²) in [7, 11) is 2.08. The molecule has 3 unspecified atom stereocenters. The van der Waals surface area contributed by atoms with Gasteiger partial charge >= 0.3 is 0 Å². The van der Waals surface area contributed by atoms with Gasteiger partial charge in [-0.1, -0.05) is 0 Å². The second kappa shape index (κ2) is 5.99. The average molecular weight is 226 g/mol. The number of ether oxygens (including phenoxy) is 1. The quantitative estimate of drug-likeness (QED) is 0.783. The Morgan fingerprint density at radius 2 is 2.31 bits per heavy atom. The maximum absolute atomic E-state index is 5.46. The molecule has 2 saturated heterocycles. The summed E-state index contributed by atoms with van der Waals surface area (Å²) in [5.41, 5.74) is 0. The van der Waals surface area contributed by atoms with Gasteiger partial charge in [0.15, 0.2) is 0 Å². The maximum atomic E-state index is 5.46. The van der Waals surface area contributed by atoms with Crippen molar-refractivity contribution in [1.82, 2.24) is 10.2 Å². The van der Waals surface area contributed by atoms with E-state index in [0.717, 1.165) is 25.0 Å². The van der Waals surface area contributed by atoms with Crippen molar-refractivity contribution in [3.8, 4) is 0 Å². The summed E-state index contributed by atoms with van der Waals surface area (Å²) >= 11 is 0. The molecule has 3 heteroatoms. The van der Waals surface area contributed by atoms with E-state index < -0.39 is 0 Å². The lowest BCUT2D eigenvalue weighted by molar-refractivity contribution is 0.123. The minimum absolute atomic E-state index is 0.655. The third-order valence-corrected chi connectivity index (χ3v) is 4.24. The Bertz CT molecular complexity index is 204. The topological polar surface area (TPSA) is 24.5 Å². The van der Waals surface area contributed by atoms with E-state index in [1.807, 2.05) is 0 Å². The summed E-state index contributed by atoms with van der Waals surface area (Å²) in [6.07, 6.45) is 4.02. The first-order valence-corrected chi connectivity index (χ1v) is 6.77. The van der Waals surface area contributed by atoms with Gasteiger partial charge in [0, 0.05) is 25.7 Å². The molecule has 94 valence electrons. The zero-order chi connectivity index (χ0) is 11.4. The van der Waals surface area contributed by atoms with E-state index >= 15 is 0 Å². The molecule has 0 amide bonds. The highest BCUT2D eigenvalue weighted by molar-refractivity contribution is 4.81. The molecule has 2 aliphatic rings. The zero-order valence-corrected chi connectivity index (χ0v) is 10.7. The van der Waals surface area contributed by atoms with Crippen LogP contribution in [-0.4, -0.2) is 50.8 Å². The number of piperidine rings is 1. The van der Waals surface area contributed by atoms with Crippen LogP contribution in [0.3, 0.4) is 0 Å². The van der Waals surface area contributed by atoms with Gasteiger partial charge in [0.05, 0.1) is 6.61 Å². The van der Waals surface area contributed by atoms with Crippen molar-refractivity contribution < 1.29 is 4.74 Å². The van der Waals surface area contributed by atoms with E-state index in [1.54, 1.807) is 0 Å². The molecule has 3 atom stereocenters. The molecule has 0 aromatic carbocycles. The van der Waals surface area contributed by atoms with Gasteiger partial charge in [0.1, 0.15) is 0 Å². The minimum Gasteiger partial charge on any atom is -0.381 e. The molecule has 2 fully saturated rings. The monoisotopic (exact) mass is 226 g/mol. The molecule has 0 saturated carbocycles. The molecule has 0 spiro atoms. The maximum Gasteiger partial charge on any atom is 0.0507 e. The second-order valence-corrected chi connectivity index (χ2v) is 5.47. The van der Waals surface area contributed by atoms with E-state index in [4.69, 9.17) is 4.74 Å². The highest BCUT2D eigenvalue weighted by Gasteiger charge is 2.26. The largest absolute Gasteiger partial charge is 0.381 e. The summed E-state index contributed by atoms with van der Waals surface area (Å²) < 4.78 is 5.46. The molecule has 3 nitrogen and oxygen atoms in total. The third-order valence-electron chi connectivity index (χ3n) is 4.24. The molecule has 2 heterocycles. The van der Waals surface area contributed by atoms with Gasteiger partial charge in [-0.15, -0.1) is 0 Å². The van der Waals surface area contributed by atoms with Crippen LogP contribution >= 0.6 is 0 Å². The van der Waals surface area contributed by atoms with Crippen molar-refractivity contribution in [3.05, 3.63) is 0 Å². The van der Waals surface area contributed by atoms with Crippen LogP contribution in [0.5, 0.6) is 0 Å². The molecule has 1 N–H and O–H groups in total. The SMILES string of the molecule is CNC(C)C1CCCN(CC2CCOC2)C1. The molecule has 0 bridgehead atoms. The van der Waals surface area contributed by atoms with Gasteiger partial charge in [0.25, 0.3) is 0 Å². The average Bonchev–Trinajstić information content (AvgIpc) is 2.81. The minimum atomic E-state index is 0.655. The molecule has 2 rings (SSSR count). The molecule has 0 aliphatic carbocycles. The van der Waals surface area contributed by atoms with E-state index in [-0.39, 0.29) is 0 Å². The lowest BCUT2D eigenvalue weighted by Gasteiger charge is -2.36. The zero-order valence-electron chi connectivity index (χ0n) is 10.7. The predicted octanol–water partition coefficient (Wildman–Crippen LogP) is 1.34. The highest BCUT2D eigenvalue weighted by atomic mass is 16.5. The van der Waals surface area contributed by atoms with Crippen molar-refractivity contribution >= 4 is 0 Å². The van der Waals surface area contributed by atoms with Crippen molar-refractivity contribution in [2.75, 3.05) is 39.9 Å². The summed E-state index contributed by atoms with van der Waals surface area (Å²) in [5, 5.41) is 3.40. The second-order valence-electron chi connectivity index (χ2n) is 5.47. The lowest BCUT2D eigenvalue weighted by Crippen LogP contribution is -2.45. The smallest absolute Gasteiger partial charge is 0.0507 e. The Kier molecular flexibility index (Phi) is 4.62. The summed E-state index contributed by atoms with van der Waals surface area (Å²) in [5.74, 6) is 1.63. The van der Waals surface area contributed by atoms with Crippen molar-refractivity contribution in [1.29, 1.82) is 0 Å². The summed E-state index contributed by atoms with van der Waals surface area (Å²) in [4.78, 5) is 2.65. The fraction of sp³-hybridized carbons (Fsp3) is 1.00. The van der Waals surface area contributed by atoms with Gasteiger partial charge in [0.2, 0.25) is 0 Å². The van der Waals surface area contributed by atoms with Crippen molar-refractivity contribution in [3.63, 3.8) is 0 Å². The van der Waals surface area contributed by atoms with Crippen molar-refractivity contribution in [2.24, 2.45) is 11.8 Å². The van der Waals surface area contributed by atoms with E-state index in [0.29, 0.717) is 6.04 Å². The van der Waals surface area contributed by atoms with E-state index in [2.05, 4.69) is 24.2 Å². The Hall–Kier alpha value is -0.120. The van der Waals surface area contributed by atoms with Gasteiger partial charge in [-0.25, -0.2) is 0 Å². The van der Waals surface area contributed by atoms with Gasteiger partial charge in [-0.2, -0.15) is 0 Å². The Morgan fingerprint density at radius 3 is 3.00 bits per heavy atom. The summed E-state index contributed by atoms with van der Waals surface area (Å²) in [6.45, 7) is 8.11. The number of nitrogens with zero attached hydrogens (tertiary/aromatic N) is 1. The molecule has 0 aromatic heterocycles. The van der Waals surface area contributed by atoms with Crippen LogP contribution in [0.15, 0.2) is 0 Å². The normalized spacial score (nSPS) is 34.1. The number of nitrogens with one attached hydrogen (secondary N) is 1. The molecular formula is C13H26N2O. The van der Waals surface area contributed by atoms with Crippen LogP contribution < -0.4 is 5.32 Å². The van der Waals surface area contributed by atoms with Crippen LogP contribution in [0, 0.1) is 11.8 Å². The molecular weight excluding hydrogens is 200 g/mol. The van der Waals surface area contributed by atoms with Gasteiger partial charge in [-0.05, 0) is 51.6 Å². The number of rotatable bonds is 4. The van der Waals surface area contributed by atoms with E-state index in [9.17, 15) is 0 Å². The number of hydrogen-bond donors (Lipinski definition) is 1. The number of likely N-dealkylation sites (tertiary alicyclic amines) is 1. The van der Waals surface area contributed by atoms with Gasteiger partial charge < -0.3 is 15.0 Å². The first-order valence-electron chi connectivity index (χ1n) is 6.77. The van der Waals surface area contributed by atoms with Crippen molar-refractivity contribution in [2.45, 2.75) is 32.2 Å². The lowest BCUT2D eigenvalue weighted by atomic mass is 9.91. The third kappa shape index (κ3) is 3.19. The molecule has 0 aromatic rings. The Labute approximate surface area is 99.5 Å². The Balaban J connectivity index is 1.77. The van der Waals surface area contributed by atoms with Crippen LogP contribution in [-0.2, 0) is 4.74 Å². The van der Waals surface area contributed by atoms with Crippen LogP contribution in [0.2, 0.25) is 0 Å². The van der Waals surface area contributed by atoms with Gasteiger partial charge in [-0.3, -0.25) is 0 Å². The van der Waals surface area contributed by atoms with Crippen LogP contribution in [0.25, 0.3) is 0 Å². The van der Waals surface area contributed by atoms with Crippen LogP contribution in [0.1, 0.15) is 26.2 Å². The fourth-order valence-electron chi connectivity index (χ4n) is 2.99. The number of hydrogen-bond acceptors (Lipinski definition) is 3. The molecule has 16 heavy (non-hydrogen) atoms. The molecule has 2 aliphatic heterocycles. The standard InChI is InChI=1S/C13H26N2O/c1-11(14-2)13-4-3-6-15(9-13)8-12-5-7-16-10-12/h11-14H,3-10H2,1-2H3. The first kappa shape index (κ1) is 12.3. The first-order chi connectivity index (χ1) is 7.79. The fourth-order valence-corrected chi connectivity index (χ4v) is 2.99. The van der Waals surface area contributed by atoms with E-state index in [1.165, 1.54) is 38.9 Å². The molecule has 0 radical (unpaired) electrons. The highest BCUT2D eigenvalue weighted by Crippen LogP contribution is 2.22. The summed E-state index contributed by atoms with van der Waals surface area (Å²) in [6, 6.07) is 0.655. The van der Waals surface area contributed by atoms with Crippen LogP contribution in [0.4, 0.5) is 0 Å².